The maximum atomic E-state index is 4.08. The molecule has 0 atom stereocenters. The predicted octanol–water partition coefficient (Wildman–Crippen LogP) is 3.91. The first-order valence-corrected chi connectivity index (χ1v) is 5.17. The van der Waals surface area contributed by atoms with E-state index in [9.17, 15) is 0 Å². The molecule has 1 aliphatic rings. The molecule has 16 heavy (non-hydrogen) atoms. The van der Waals surface area contributed by atoms with E-state index in [-0.39, 0.29) is 0 Å². The van der Waals surface area contributed by atoms with Gasteiger partial charge >= 0.3 is 0 Å². The van der Waals surface area contributed by atoms with Gasteiger partial charge < -0.3 is 0 Å². The molecule has 0 fully saturated rings. The Balaban J connectivity index is 2.25. The van der Waals surface area contributed by atoms with E-state index in [1.165, 1.54) is 11.1 Å². The third-order valence-corrected chi connectivity index (χ3v) is 2.75. The highest BCUT2D eigenvalue weighted by molar-refractivity contribution is 5.85. The van der Waals surface area contributed by atoms with Gasteiger partial charge in [0.25, 0.3) is 0 Å². The van der Waals surface area contributed by atoms with Crippen LogP contribution in [-0.4, -0.2) is 0 Å². The number of rotatable bonds is 1. The molecule has 3 rings (SSSR count). The van der Waals surface area contributed by atoms with Crippen LogP contribution >= 0.6 is 0 Å². The smallest absolute Gasteiger partial charge is 0.123 e. The van der Waals surface area contributed by atoms with Crippen molar-refractivity contribution in [3.05, 3.63) is 48.0 Å². The zero-order chi connectivity index (χ0) is 11.0. The van der Waals surface area contributed by atoms with Crippen molar-refractivity contribution < 1.29 is 0 Å². The van der Waals surface area contributed by atoms with Crippen LogP contribution in [0.2, 0.25) is 0 Å². The second-order valence-electron chi connectivity index (χ2n) is 3.78. The van der Waals surface area contributed by atoms with Crippen molar-refractivity contribution in [1.29, 1.82) is 0 Å². The van der Waals surface area contributed by atoms with E-state index in [1.54, 1.807) is 0 Å². The minimum Gasteiger partial charge on any atom is -0.128 e. The van der Waals surface area contributed by atoms with Crippen LogP contribution in [0.15, 0.2) is 52.8 Å². The molecule has 0 amide bonds. The average molecular weight is 208 g/mol. The first kappa shape index (κ1) is 9.09. The van der Waals surface area contributed by atoms with Gasteiger partial charge in [-0.05, 0) is 29.3 Å². The first-order valence-electron chi connectivity index (χ1n) is 5.17. The predicted molar refractivity (Wildman–Crippen MR) is 62.9 cm³/mol. The molecule has 77 valence electrons. The molecule has 2 aromatic rings. The lowest BCUT2D eigenvalue weighted by Crippen LogP contribution is -1.84. The van der Waals surface area contributed by atoms with Crippen LogP contribution in [0.5, 0.6) is 0 Å². The molecule has 0 spiro atoms. The number of benzene rings is 2. The van der Waals surface area contributed by atoms with Gasteiger partial charge in [-0.25, -0.2) is 0 Å². The Bertz CT molecular complexity index is 573. The van der Waals surface area contributed by atoms with E-state index in [2.05, 4.69) is 40.9 Å². The van der Waals surface area contributed by atoms with Gasteiger partial charge in [-0.1, -0.05) is 36.4 Å². The lowest BCUT2D eigenvalue weighted by molar-refractivity contribution is 0.923. The highest BCUT2D eigenvalue weighted by Crippen LogP contribution is 2.40. The quantitative estimate of drug-likeness (QED) is 0.681. The monoisotopic (exact) mass is 208 g/mol. The summed E-state index contributed by atoms with van der Waals surface area (Å²) >= 11 is 0. The van der Waals surface area contributed by atoms with Gasteiger partial charge in [0.1, 0.15) is 11.4 Å². The van der Waals surface area contributed by atoms with E-state index < -0.39 is 0 Å². The summed E-state index contributed by atoms with van der Waals surface area (Å²) in [6.45, 7) is 2.10. The van der Waals surface area contributed by atoms with Crippen LogP contribution in [0, 0.1) is 6.92 Å². The molecule has 0 aliphatic carbocycles. The van der Waals surface area contributed by atoms with Crippen LogP contribution in [0.25, 0.3) is 11.1 Å². The number of aryl methyl sites for hydroxylation is 1. The van der Waals surface area contributed by atoms with Crippen molar-refractivity contribution in [2.75, 3.05) is 0 Å². The van der Waals surface area contributed by atoms with Crippen molar-refractivity contribution in [3.63, 3.8) is 0 Å². The molecule has 0 bridgehead atoms. The molecule has 3 nitrogen and oxygen atoms in total. The van der Waals surface area contributed by atoms with Gasteiger partial charge in [0.05, 0.1) is 0 Å². The number of fused-ring (bicyclic) bond motifs is 1. The van der Waals surface area contributed by atoms with Crippen LogP contribution in [-0.2, 0) is 0 Å². The number of nitrogens with zero attached hydrogens (tertiary/aromatic N) is 3. The summed E-state index contributed by atoms with van der Waals surface area (Å²) in [6.07, 6.45) is 0. The van der Waals surface area contributed by atoms with Gasteiger partial charge in [-0.15, -0.1) is 10.5 Å². The second-order valence-corrected chi connectivity index (χ2v) is 3.78. The molecule has 3 heteroatoms. The fraction of sp³-hybridized carbons (Fsp3) is 0.0769. The summed E-state index contributed by atoms with van der Waals surface area (Å²) in [5.74, 6) is 0. The van der Waals surface area contributed by atoms with Crippen molar-refractivity contribution in [2.45, 2.75) is 6.92 Å². The molecular formula is C13H10N3. The van der Waals surface area contributed by atoms with Gasteiger partial charge in [-0.2, -0.15) is 0 Å². The summed E-state index contributed by atoms with van der Waals surface area (Å²) in [5.41, 5.74) is 9.22. The van der Waals surface area contributed by atoms with Crippen LogP contribution in [0.1, 0.15) is 5.56 Å². The van der Waals surface area contributed by atoms with Crippen LogP contribution in [0.4, 0.5) is 11.4 Å². The Labute approximate surface area is 93.8 Å². The summed E-state index contributed by atoms with van der Waals surface area (Å²) in [7, 11) is 0. The standard InChI is InChI=1S/C13H10N3/c1-9-5-2-3-6-10(9)11-7-4-8-12-13(11)15-16-14-12/h2-8H,1H3. The molecule has 1 heterocycles. The number of hydrogen-bond acceptors (Lipinski definition) is 2. The van der Waals surface area contributed by atoms with E-state index in [1.807, 2.05) is 24.3 Å². The van der Waals surface area contributed by atoms with Crippen molar-refractivity contribution in [3.8, 4) is 11.1 Å². The van der Waals surface area contributed by atoms with Crippen molar-refractivity contribution in [2.24, 2.45) is 10.3 Å². The van der Waals surface area contributed by atoms with E-state index >= 15 is 0 Å². The zero-order valence-electron chi connectivity index (χ0n) is 8.88. The molecule has 1 aliphatic heterocycles. The summed E-state index contributed by atoms with van der Waals surface area (Å²) in [5, 5.41) is 7.79. The highest BCUT2D eigenvalue weighted by atomic mass is 15.5. The van der Waals surface area contributed by atoms with Gasteiger partial charge in [0, 0.05) is 5.56 Å². The average Bonchev–Trinajstić information content (AvgIpc) is 2.77. The molecule has 0 unspecified atom stereocenters. The zero-order valence-corrected chi connectivity index (χ0v) is 8.88. The molecule has 0 aromatic heterocycles. The maximum Gasteiger partial charge on any atom is 0.123 e. The Morgan fingerprint density at radius 3 is 2.56 bits per heavy atom. The third kappa shape index (κ3) is 1.29. The van der Waals surface area contributed by atoms with E-state index in [0.29, 0.717) is 0 Å². The molecule has 2 aromatic carbocycles. The van der Waals surface area contributed by atoms with E-state index in [0.717, 1.165) is 16.9 Å². The van der Waals surface area contributed by atoms with Crippen molar-refractivity contribution in [1.82, 2.24) is 5.43 Å². The lowest BCUT2D eigenvalue weighted by Gasteiger charge is -2.07. The second kappa shape index (κ2) is 3.45. The fourth-order valence-electron chi connectivity index (χ4n) is 1.92. The Morgan fingerprint density at radius 1 is 0.875 bits per heavy atom. The molecule has 0 saturated carbocycles. The van der Waals surface area contributed by atoms with Crippen LogP contribution in [0.3, 0.4) is 0 Å². The topological polar surface area (TPSA) is 38.8 Å². The summed E-state index contributed by atoms with van der Waals surface area (Å²) in [6, 6.07) is 14.2. The minimum absolute atomic E-state index is 0.848. The summed E-state index contributed by atoms with van der Waals surface area (Å²) < 4.78 is 0. The number of hydrogen-bond donors (Lipinski definition) is 0. The van der Waals surface area contributed by atoms with Gasteiger partial charge in [-0.3, -0.25) is 0 Å². The molecular weight excluding hydrogens is 198 g/mol. The van der Waals surface area contributed by atoms with Crippen molar-refractivity contribution >= 4 is 11.4 Å². The minimum atomic E-state index is 0.848. The third-order valence-electron chi connectivity index (χ3n) is 2.75. The highest BCUT2D eigenvalue weighted by Gasteiger charge is 2.15. The molecule has 0 saturated heterocycles. The normalized spacial score (nSPS) is 12.3. The van der Waals surface area contributed by atoms with Gasteiger partial charge in [0.15, 0.2) is 0 Å². The largest absolute Gasteiger partial charge is 0.128 e. The SMILES string of the molecule is Cc1ccccc1-c1cccc2c1N=N[N]2. The Hall–Kier alpha value is -2.16. The fourth-order valence-corrected chi connectivity index (χ4v) is 1.92. The lowest BCUT2D eigenvalue weighted by atomic mass is 9.98. The molecule has 0 N–H and O–H groups in total. The summed E-state index contributed by atoms with van der Waals surface area (Å²) in [4.78, 5) is 0. The maximum absolute atomic E-state index is 4.08. The van der Waals surface area contributed by atoms with E-state index in [4.69, 9.17) is 0 Å². The Kier molecular flexibility index (Phi) is 1.96. The van der Waals surface area contributed by atoms with Gasteiger partial charge in [0.2, 0.25) is 0 Å². The van der Waals surface area contributed by atoms with Crippen LogP contribution < -0.4 is 5.43 Å². The Morgan fingerprint density at radius 2 is 1.69 bits per heavy atom. The molecule has 1 radical (unpaired) electrons. The first-order chi connectivity index (χ1) is 7.86.